The Balaban J connectivity index is 2.76. The Morgan fingerprint density at radius 1 is 1.50 bits per heavy atom. The number of aromatic nitrogens is 4. The molecule has 74 valence electrons. The summed E-state index contributed by atoms with van der Waals surface area (Å²) in [5.41, 5.74) is 1.34. The minimum absolute atomic E-state index is 0.171. The van der Waals surface area contributed by atoms with Gasteiger partial charge in [-0.05, 0) is 18.5 Å². The van der Waals surface area contributed by atoms with Crippen LogP contribution >= 0.6 is 11.6 Å². The number of imidazole rings is 1. The molecule has 0 N–H and O–H groups in total. The van der Waals surface area contributed by atoms with E-state index in [-0.39, 0.29) is 5.28 Å². The number of hydrogen-bond donors (Lipinski definition) is 0. The van der Waals surface area contributed by atoms with Gasteiger partial charge in [0.15, 0.2) is 11.2 Å². The average Bonchev–Trinajstić information content (AvgIpc) is 2.59. The molecule has 0 aliphatic heterocycles. The van der Waals surface area contributed by atoms with E-state index in [0.717, 1.165) is 6.54 Å². The minimum Gasteiger partial charge on any atom is -0.479 e. The van der Waals surface area contributed by atoms with Crippen molar-refractivity contribution in [2.45, 2.75) is 13.5 Å². The van der Waals surface area contributed by atoms with E-state index in [1.54, 1.807) is 6.33 Å². The molecule has 14 heavy (non-hydrogen) atoms. The fourth-order valence-corrected chi connectivity index (χ4v) is 1.42. The molecule has 0 fully saturated rings. The van der Waals surface area contributed by atoms with Gasteiger partial charge in [-0.15, -0.1) is 0 Å². The van der Waals surface area contributed by atoms with Gasteiger partial charge in [0.2, 0.25) is 11.2 Å². The van der Waals surface area contributed by atoms with Gasteiger partial charge in [0.25, 0.3) is 0 Å². The van der Waals surface area contributed by atoms with E-state index in [4.69, 9.17) is 16.3 Å². The van der Waals surface area contributed by atoms with Crippen LogP contribution in [0.15, 0.2) is 6.33 Å². The monoisotopic (exact) mass is 212 g/mol. The second-order valence-electron chi connectivity index (χ2n) is 2.70. The maximum Gasteiger partial charge on any atom is 0.246 e. The molecule has 5 nitrogen and oxygen atoms in total. The summed E-state index contributed by atoms with van der Waals surface area (Å²) in [5, 5.41) is 0.171. The molecule has 0 saturated heterocycles. The van der Waals surface area contributed by atoms with E-state index in [1.807, 2.05) is 11.5 Å². The first-order valence-corrected chi connectivity index (χ1v) is 4.56. The first-order chi connectivity index (χ1) is 6.76. The lowest BCUT2D eigenvalue weighted by molar-refractivity contribution is 0.402. The Kier molecular flexibility index (Phi) is 2.25. The van der Waals surface area contributed by atoms with Crippen LogP contribution in [0, 0.1) is 0 Å². The van der Waals surface area contributed by atoms with Crippen molar-refractivity contribution in [1.29, 1.82) is 0 Å². The highest BCUT2D eigenvalue weighted by atomic mass is 35.5. The highest BCUT2D eigenvalue weighted by Gasteiger charge is 2.11. The van der Waals surface area contributed by atoms with Crippen molar-refractivity contribution in [3.8, 4) is 5.88 Å². The quantitative estimate of drug-likeness (QED) is 0.708. The molecule has 0 saturated carbocycles. The van der Waals surface area contributed by atoms with Gasteiger partial charge in [-0.25, -0.2) is 4.98 Å². The van der Waals surface area contributed by atoms with E-state index >= 15 is 0 Å². The summed E-state index contributed by atoms with van der Waals surface area (Å²) in [4.78, 5) is 12.2. The highest BCUT2D eigenvalue weighted by Crippen LogP contribution is 2.21. The molecular formula is C8H9ClN4O. The number of rotatable bonds is 2. The highest BCUT2D eigenvalue weighted by molar-refractivity contribution is 6.28. The van der Waals surface area contributed by atoms with Crippen LogP contribution in [0.4, 0.5) is 0 Å². The predicted octanol–water partition coefficient (Wildman–Crippen LogP) is 1.51. The second-order valence-corrected chi connectivity index (χ2v) is 3.04. The molecule has 0 aliphatic carbocycles. The van der Waals surface area contributed by atoms with E-state index in [2.05, 4.69) is 15.0 Å². The van der Waals surface area contributed by atoms with Gasteiger partial charge in [0, 0.05) is 6.54 Å². The normalized spacial score (nSPS) is 10.8. The fourth-order valence-electron chi connectivity index (χ4n) is 1.27. The number of ether oxygens (including phenoxy) is 1. The van der Waals surface area contributed by atoms with Gasteiger partial charge >= 0.3 is 0 Å². The van der Waals surface area contributed by atoms with E-state index < -0.39 is 0 Å². The Bertz CT molecular complexity index is 468. The van der Waals surface area contributed by atoms with E-state index in [9.17, 15) is 0 Å². The van der Waals surface area contributed by atoms with Crippen LogP contribution in [0.2, 0.25) is 5.28 Å². The topological polar surface area (TPSA) is 52.8 Å². The zero-order chi connectivity index (χ0) is 10.1. The number of methoxy groups -OCH3 is 1. The molecule has 0 aromatic carbocycles. The Morgan fingerprint density at radius 3 is 2.93 bits per heavy atom. The van der Waals surface area contributed by atoms with Gasteiger partial charge in [-0.1, -0.05) is 0 Å². The third kappa shape index (κ3) is 1.29. The molecule has 0 amide bonds. The number of fused-ring (bicyclic) bond motifs is 1. The van der Waals surface area contributed by atoms with Crippen molar-refractivity contribution in [1.82, 2.24) is 19.5 Å². The number of nitrogens with zero attached hydrogens (tertiary/aromatic N) is 4. The maximum absolute atomic E-state index is 5.75. The predicted molar refractivity (Wildman–Crippen MR) is 52.6 cm³/mol. The molecule has 2 aromatic heterocycles. The summed E-state index contributed by atoms with van der Waals surface area (Å²) in [5.74, 6) is 0.409. The van der Waals surface area contributed by atoms with Gasteiger partial charge in [-0.2, -0.15) is 9.97 Å². The molecule has 0 aliphatic rings. The van der Waals surface area contributed by atoms with Crippen molar-refractivity contribution >= 4 is 22.8 Å². The van der Waals surface area contributed by atoms with Crippen molar-refractivity contribution in [2.24, 2.45) is 0 Å². The van der Waals surface area contributed by atoms with Crippen molar-refractivity contribution in [3.05, 3.63) is 11.6 Å². The van der Waals surface area contributed by atoms with Crippen LogP contribution in [0.3, 0.4) is 0 Å². The summed E-state index contributed by atoms with van der Waals surface area (Å²) < 4.78 is 6.94. The zero-order valence-corrected chi connectivity index (χ0v) is 8.62. The summed E-state index contributed by atoms with van der Waals surface area (Å²) in [7, 11) is 1.53. The van der Waals surface area contributed by atoms with Gasteiger partial charge in [0.1, 0.15) is 0 Å². The first-order valence-electron chi connectivity index (χ1n) is 4.18. The molecule has 0 radical (unpaired) electrons. The fraction of sp³-hybridized carbons (Fsp3) is 0.375. The molecule has 2 aromatic rings. The standard InChI is InChI=1S/C8H9ClN4O/c1-3-13-4-10-5-6(13)11-8(9)12-7(5)14-2/h4H,3H2,1-2H3. The number of aryl methyl sites for hydroxylation is 1. The molecule has 0 atom stereocenters. The van der Waals surface area contributed by atoms with E-state index in [0.29, 0.717) is 17.0 Å². The summed E-state index contributed by atoms with van der Waals surface area (Å²) in [6.07, 6.45) is 1.69. The van der Waals surface area contributed by atoms with Crippen LogP contribution in [-0.4, -0.2) is 26.6 Å². The zero-order valence-electron chi connectivity index (χ0n) is 7.86. The summed E-state index contributed by atoms with van der Waals surface area (Å²) >= 11 is 5.75. The van der Waals surface area contributed by atoms with Crippen LogP contribution in [0.1, 0.15) is 6.92 Å². The van der Waals surface area contributed by atoms with Crippen LogP contribution in [0.5, 0.6) is 5.88 Å². The van der Waals surface area contributed by atoms with Crippen LogP contribution in [-0.2, 0) is 6.54 Å². The molecule has 2 heterocycles. The molecular weight excluding hydrogens is 204 g/mol. The molecule has 2 rings (SSSR count). The van der Waals surface area contributed by atoms with Crippen molar-refractivity contribution in [2.75, 3.05) is 7.11 Å². The lowest BCUT2D eigenvalue weighted by atomic mass is 10.5. The summed E-state index contributed by atoms with van der Waals surface area (Å²) in [6.45, 7) is 2.79. The second kappa shape index (κ2) is 3.42. The number of hydrogen-bond acceptors (Lipinski definition) is 4. The number of halogens is 1. The average molecular weight is 213 g/mol. The SMILES string of the molecule is CCn1cnc2c(OC)nc(Cl)nc21. The van der Waals surface area contributed by atoms with Gasteiger partial charge in [0.05, 0.1) is 13.4 Å². The maximum atomic E-state index is 5.75. The molecule has 0 unspecified atom stereocenters. The molecule has 0 bridgehead atoms. The van der Waals surface area contributed by atoms with Gasteiger partial charge < -0.3 is 9.30 Å². The lowest BCUT2D eigenvalue weighted by Crippen LogP contribution is -1.96. The van der Waals surface area contributed by atoms with E-state index in [1.165, 1.54) is 7.11 Å². The third-order valence-corrected chi connectivity index (χ3v) is 2.11. The first kappa shape index (κ1) is 9.21. The minimum atomic E-state index is 0.171. The van der Waals surface area contributed by atoms with Gasteiger partial charge in [-0.3, -0.25) is 0 Å². The summed E-state index contributed by atoms with van der Waals surface area (Å²) in [6, 6.07) is 0. The van der Waals surface area contributed by atoms with Crippen LogP contribution < -0.4 is 4.74 Å². The van der Waals surface area contributed by atoms with Crippen molar-refractivity contribution < 1.29 is 4.74 Å². The van der Waals surface area contributed by atoms with Crippen molar-refractivity contribution in [3.63, 3.8) is 0 Å². The lowest BCUT2D eigenvalue weighted by Gasteiger charge is -2.01. The third-order valence-electron chi connectivity index (χ3n) is 1.94. The Morgan fingerprint density at radius 2 is 2.29 bits per heavy atom. The molecule has 0 spiro atoms. The Hall–Kier alpha value is -1.36. The smallest absolute Gasteiger partial charge is 0.246 e. The largest absolute Gasteiger partial charge is 0.479 e. The Labute approximate surface area is 85.7 Å². The van der Waals surface area contributed by atoms with Crippen LogP contribution in [0.25, 0.3) is 11.2 Å². The molecule has 6 heteroatoms.